The maximum atomic E-state index is 13.4. The summed E-state index contributed by atoms with van der Waals surface area (Å²) in [6, 6.07) is 32.4. The molecule has 8 nitrogen and oxygen atoms in total. The van der Waals surface area contributed by atoms with Gasteiger partial charge in [-0.1, -0.05) is 66.7 Å². The molecule has 0 aliphatic carbocycles. The fourth-order valence-corrected chi connectivity index (χ4v) is 5.24. The molecule has 0 saturated carbocycles. The Kier molecular flexibility index (Phi) is 11.2. The Bertz CT molecular complexity index is 1980. The van der Waals surface area contributed by atoms with Crippen molar-refractivity contribution in [1.82, 2.24) is 4.90 Å². The zero-order chi connectivity index (χ0) is 35.7. The second-order valence-corrected chi connectivity index (χ2v) is 11.3. The molecule has 2 N–H and O–H groups in total. The van der Waals surface area contributed by atoms with Crippen LogP contribution < -0.4 is 15.4 Å². The van der Waals surface area contributed by atoms with Gasteiger partial charge in [-0.2, -0.15) is 13.2 Å². The van der Waals surface area contributed by atoms with Crippen LogP contribution in [-0.2, 0) is 22.3 Å². The molecule has 0 heterocycles. The van der Waals surface area contributed by atoms with Crippen LogP contribution in [0.3, 0.4) is 0 Å². The number of carbonyl (C=O) groups excluding carboxylic acids is 4. The molecule has 50 heavy (non-hydrogen) atoms. The maximum Gasteiger partial charge on any atom is 0.416 e. The number of halogens is 3. The van der Waals surface area contributed by atoms with Gasteiger partial charge in [0.2, 0.25) is 11.8 Å². The lowest BCUT2D eigenvalue weighted by atomic mass is 10.0. The molecule has 254 valence electrons. The molecule has 2 amide bonds. The quantitative estimate of drug-likeness (QED) is 0.127. The number of para-hydroxylation sites is 2. The van der Waals surface area contributed by atoms with Crippen molar-refractivity contribution in [3.05, 3.63) is 161 Å². The van der Waals surface area contributed by atoms with E-state index < -0.39 is 29.3 Å². The smallest absolute Gasteiger partial charge is 0.416 e. The highest BCUT2D eigenvalue weighted by molar-refractivity contribution is 6.15. The van der Waals surface area contributed by atoms with Gasteiger partial charge >= 0.3 is 6.18 Å². The van der Waals surface area contributed by atoms with Crippen LogP contribution in [0.15, 0.2) is 127 Å². The first-order valence-corrected chi connectivity index (χ1v) is 15.5. The van der Waals surface area contributed by atoms with E-state index in [1.807, 2.05) is 30.3 Å². The number of carbonyl (C=O) groups is 4. The minimum Gasteiger partial charge on any atom is -0.497 e. The van der Waals surface area contributed by atoms with Crippen molar-refractivity contribution in [2.75, 3.05) is 30.8 Å². The van der Waals surface area contributed by atoms with E-state index in [2.05, 4.69) is 10.6 Å². The SMILES string of the molecule is COc1ccc(C(=O)c2ccccc2NC(=O)CN(CC(=O)Nc2ccccc2C(=O)c2ccc(C(F)(F)F)cc2)Cc2ccccc2)cc1. The van der Waals surface area contributed by atoms with Crippen molar-refractivity contribution in [3.8, 4) is 5.75 Å². The van der Waals surface area contributed by atoms with Gasteiger partial charge in [-0.25, -0.2) is 0 Å². The van der Waals surface area contributed by atoms with Crippen molar-refractivity contribution in [3.63, 3.8) is 0 Å². The van der Waals surface area contributed by atoms with E-state index in [0.717, 1.165) is 29.8 Å². The maximum absolute atomic E-state index is 13.4. The number of methoxy groups -OCH3 is 1. The lowest BCUT2D eigenvalue weighted by molar-refractivity contribution is -0.137. The number of hydrogen-bond acceptors (Lipinski definition) is 6. The minimum absolute atomic E-state index is 0.0211. The van der Waals surface area contributed by atoms with Crippen LogP contribution in [0.4, 0.5) is 24.5 Å². The van der Waals surface area contributed by atoms with Crippen LogP contribution in [0.25, 0.3) is 0 Å². The van der Waals surface area contributed by atoms with E-state index in [0.29, 0.717) is 17.0 Å². The number of rotatable bonds is 13. The van der Waals surface area contributed by atoms with E-state index in [4.69, 9.17) is 4.74 Å². The fourth-order valence-electron chi connectivity index (χ4n) is 5.24. The molecule has 5 rings (SSSR count). The molecular formula is C39H32F3N3O5. The number of ketones is 2. The molecule has 0 saturated heterocycles. The molecule has 0 unspecified atom stereocenters. The minimum atomic E-state index is -4.55. The number of hydrogen-bond donors (Lipinski definition) is 2. The first kappa shape index (κ1) is 35.2. The summed E-state index contributed by atoms with van der Waals surface area (Å²) in [6.07, 6.45) is -4.55. The first-order chi connectivity index (χ1) is 24.0. The number of nitrogens with one attached hydrogen (secondary N) is 2. The van der Waals surface area contributed by atoms with Crippen molar-refractivity contribution in [2.24, 2.45) is 0 Å². The van der Waals surface area contributed by atoms with Gasteiger partial charge in [0.1, 0.15) is 5.75 Å². The van der Waals surface area contributed by atoms with Crippen molar-refractivity contribution in [2.45, 2.75) is 12.7 Å². The number of ether oxygens (including phenoxy) is 1. The van der Waals surface area contributed by atoms with Crippen molar-refractivity contribution < 1.29 is 37.1 Å². The lowest BCUT2D eigenvalue weighted by Crippen LogP contribution is -2.38. The molecule has 0 bridgehead atoms. The molecule has 0 aliphatic rings. The second-order valence-electron chi connectivity index (χ2n) is 11.3. The average molecular weight is 680 g/mol. The predicted octanol–water partition coefficient (Wildman–Crippen LogP) is 7.26. The van der Waals surface area contributed by atoms with E-state index in [1.54, 1.807) is 65.6 Å². The first-order valence-electron chi connectivity index (χ1n) is 15.5. The summed E-state index contributed by atoms with van der Waals surface area (Å²) in [7, 11) is 1.53. The van der Waals surface area contributed by atoms with Crippen LogP contribution in [0.2, 0.25) is 0 Å². The second kappa shape index (κ2) is 15.9. The zero-order valence-electron chi connectivity index (χ0n) is 26.9. The Balaban J connectivity index is 1.31. The monoisotopic (exact) mass is 679 g/mol. The van der Waals surface area contributed by atoms with Gasteiger partial charge in [-0.05, 0) is 66.2 Å². The third kappa shape index (κ3) is 9.09. The molecule has 0 fully saturated rings. The lowest BCUT2D eigenvalue weighted by Gasteiger charge is -2.22. The van der Waals surface area contributed by atoms with Crippen molar-refractivity contribution >= 4 is 34.8 Å². The highest BCUT2D eigenvalue weighted by atomic mass is 19.4. The van der Waals surface area contributed by atoms with Crippen LogP contribution in [0, 0.1) is 0 Å². The van der Waals surface area contributed by atoms with Crippen LogP contribution in [0.1, 0.15) is 43.0 Å². The summed E-state index contributed by atoms with van der Waals surface area (Å²) in [4.78, 5) is 55.0. The summed E-state index contributed by atoms with van der Waals surface area (Å²) >= 11 is 0. The third-order valence-corrected chi connectivity index (χ3v) is 7.70. The van der Waals surface area contributed by atoms with E-state index >= 15 is 0 Å². The third-order valence-electron chi connectivity index (χ3n) is 7.70. The number of benzene rings is 5. The molecule has 0 aromatic heterocycles. The molecule has 11 heteroatoms. The molecule has 0 aliphatic heterocycles. The standard InChI is InChI=1S/C39H32F3N3O5/c1-50-30-21-17-28(18-22-30)38(49)32-12-6-8-14-34(32)44-36(47)25-45(23-26-9-3-2-4-10-26)24-35(46)43-33-13-7-5-11-31(33)37(48)27-15-19-29(20-16-27)39(40,41)42/h2-22H,23-25H2,1H3,(H,43,46)(H,44,47). The normalized spacial score (nSPS) is 11.1. The average Bonchev–Trinajstić information content (AvgIpc) is 3.11. The Labute approximate surface area is 286 Å². The van der Waals surface area contributed by atoms with Gasteiger partial charge in [0.25, 0.3) is 0 Å². The highest BCUT2D eigenvalue weighted by Gasteiger charge is 2.30. The van der Waals surface area contributed by atoms with Crippen LogP contribution in [-0.4, -0.2) is 48.5 Å². The summed E-state index contributed by atoms with van der Waals surface area (Å²) in [5.41, 5.74) is 1.22. The predicted molar refractivity (Wildman–Crippen MR) is 183 cm³/mol. The molecule has 0 spiro atoms. The number of nitrogens with zero attached hydrogens (tertiary/aromatic N) is 1. The summed E-state index contributed by atoms with van der Waals surface area (Å²) < 4.78 is 44.3. The van der Waals surface area contributed by atoms with E-state index in [9.17, 15) is 32.3 Å². The van der Waals surface area contributed by atoms with Crippen molar-refractivity contribution in [1.29, 1.82) is 0 Å². The largest absolute Gasteiger partial charge is 0.497 e. The number of anilines is 2. The van der Waals surface area contributed by atoms with Gasteiger partial charge in [0.15, 0.2) is 11.6 Å². The Morgan fingerprint density at radius 1 is 0.600 bits per heavy atom. The van der Waals surface area contributed by atoms with Gasteiger partial charge in [0.05, 0.1) is 37.1 Å². The Hall–Kier alpha value is -6.07. The Morgan fingerprint density at radius 2 is 1.04 bits per heavy atom. The van der Waals surface area contributed by atoms with Crippen LogP contribution in [0.5, 0.6) is 5.75 Å². The fraction of sp³-hybridized carbons (Fsp3) is 0.128. The van der Waals surface area contributed by atoms with E-state index in [1.165, 1.54) is 19.2 Å². The summed E-state index contributed by atoms with van der Waals surface area (Å²) in [5.74, 6) is -1.27. The Morgan fingerprint density at radius 3 is 1.50 bits per heavy atom. The molecule has 0 atom stereocenters. The molecule has 0 radical (unpaired) electrons. The van der Waals surface area contributed by atoms with Crippen LogP contribution >= 0.6 is 0 Å². The molecule has 5 aromatic rings. The summed E-state index contributed by atoms with van der Waals surface area (Å²) in [5, 5.41) is 5.53. The molecule has 5 aromatic carbocycles. The topological polar surface area (TPSA) is 105 Å². The van der Waals surface area contributed by atoms with Gasteiger partial charge in [0, 0.05) is 28.8 Å². The molecular weight excluding hydrogens is 647 g/mol. The summed E-state index contributed by atoms with van der Waals surface area (Å²) in [6.45, 7) is -0.253. The van der Waals surface area contributed by atoms with E-state index in [-0.39, 0.29) is 47.8 Å². The number of amides is 2. The van der Waals surface area contributed by atoms with Gasteiger partial charge in [-0.3, -0.25) is 24.1 Å². The number of alkyl halides is 3. The highest BCUT2D eigenvalue weighted by Crippen LogP contribution is 2.30. The van der Waals surface area contributed by atoms with Gasteiger partial charge in [-0.15, -0.1) is 0 Å². The zero-order valence-corrected chi connectivity index (χ0v) is 26.9. The van der Waals surface area contributed by atoms with Gasteiger partial charge < -0.3 is 15.4 Å².